The molecule has 1 rings (SSSR count). The molecule has 1 heteroatoms. The minimum atomic E-state index is 0.314. The van der Waals surface area contributed by atoms with Crippen molar-refractivity contribution < 1.29 is 4.79 Å². The summed E-state index contributed by atoms with van der Waals surface area (Å²) in [7, 11) is 0. The number of hydrogen-bond acceptors (Lipinski definition) is 1. The SMILES string of the molecule is CCCCCCCC/C=C\CCCCCCCC(=O)c1cccc(C)c1C. The number of unbranched alkanes of at least 4 members (excludes halogenated alkanes) is 11. The predicted octanol–water partition coefficient (Wildman–Crippen LogP) is 8.52. The van der Waals surface area contributed by atoms with Crippen LogP contribution >= 0.6 is 0 Å². The van der Waals surface area contributed by atoms with Gasteiger partial charge in [0, 0.05) is 12.0 Å². The zero-order valence-electron chi connectivity index (χ0n) is 18.2. The van der Waals surface area contributed by atoms with E-state index in [-0.39, 0.29) is 0 Å². The quantitative estimate of drug-likeness (QED) is 0.162. The van der Waals surface area contributed by atoms with Gasteiger partial charge in [0.2, 0.25) is 0 Å². The Morgan fingerprint density at radius 1 is 0.778 bits per heavy atom. The van der Waals surface area contributed by atoms with Crippen molar-refractivity contribution >= 4 is 5.78 Å². The van der Waals surface area contributed by atoms with Gasteiger partial charge in [0.25, 0.3) is 0 Å². The number of hydrogen-bond donors (Lipinski definition) is 0. The second-order valence-electron chi connectivity index (χ2n) is 8.00. The molecule has 0 aromatic heterocycles. The maximum atomic E-state index is 12.3. The van der Waals surface area contributed by atoms with Crippen LogP contribution in [0.5, 0.6) is 0 Å². The lowest BCUT2D eigenvalue weighted by Gasteiger charge is -2.07. The van der Waals surface area contributed by atoms with Crippen LogP contribution in [-0.2, 0) is 0 Å². The normalized spacial score (nSPS) is 11.4. The molecule has 0 saturated heterocycles. The summed E-state index contributed by atoms with van der Waals surface area (Å²) >= 11 is 0. The molecule has 0 heterocycles. The maximum absolute atomic E-state index is 12.3. The number of rotatable bonds is 16. The van der Waals surface area contributed by atoms with Crippen LogP contribution in [0, 0.1) is 13.8 Å². The van der Waals surface area contributed by atoms with E-state index in [0.717, 1.165) is 17.5 Å². The number of allylic oxidation sites excluding steroid dienone is 2. The lowest BCUT2D eigenvalue weighted by Crippen LogP contribution is -2.02. The van der Waals surface area contributed by atoms with Gasteiger partial charge in [-0.2, -0.15) is 0 Å². The van der Waals surface area contributed by atoms with Crippen molar-refractivity contribution in [3.63, 3.8) is 0 Å². The number of ketones is 1. The minimum absolute atomic E-state index is 0.314. The first-order valence-electron chi connectivity index (χ1n) is 11.4. The molecule has 1 aromatic rings. The third-order valence-electron chi connectivity index (χ3n) is 5.57. The summed E-state index contributed by atoms with van der Waals surface area (Å²) in [5.74, 6) is 0.314. The highest BCUT2D eigenvalue weighted by Gasteiger charge is 2.09. The highest BCUT2D eigenvalue weighted by atomic mass is 16.1. The zero-order valence-corrected chi connectivity index (χ0v) is 18.2. The van der Waals surface area contributed by atoms with Gasteiger partial charge in [-0.25, -0.2) is 0 Å². The molecular formula is C26H42O. The molecule has 152 valence electrons. The van der Waals surface area contributed by atoms with Crippen LogP contribution in [0.25, 0.3) is 0 Å². The molecule has 27 heavy (non-hydrogen) atoms. The fraction of sp³-hybridized carbons (Fsp3) is 0.654. The van der Waals surface area contributed by atoms with Crippen molar-refractivity contribution in [3.05, 3.63) is 47.0 Å². The van der Waals surface area contributed by atoms with Crippen molar-refractivity contribution in [1.82, 2.24) is 0 Å². The molecule has 0 bridgehead atoms. The van der Waals surface area contributed by atoms with Gasteiger partial charge in [-0.15, -0.1) is 0 Å². The van der Waals surface area contributed by atoms with Crippen LogP contribution in [0.2, 0.25) is 0 Å². The molecular weight excluding hydrogens is 328 g/mol. The van der Waals surface area contributed by atoms with E-state index in [2.05, 4.69) is 39.0 Å². The fourth-order valence-electron chi connectivity index (χ4n) is 3.54. The lowest BCUT2D eigenvalue weighted by atomic mass is 9.97. The molecule has 0 N–H and O–H groups in total. The van der Waals surface area contributed by atoms with E-state index in [9.17, 15) is 4.79 Å². The summed E-state index contributed by atoms with van der Waals surface area (Å²) < 4.78 is 0. The summed E-state index contributed by atoms with van der Waals surface area (Å²) in [4.78, 5) is 12.3. The first kappa shape index (κ1) is 23.7. The first-order valence-corrected chi connectivity index (χ1v) is 11.4. The smallest absolute Gasteiger partial charge is 0.163 e. The topological polar surface area (TPSA) is 17.1 Å². The number of Topliss-reactive ketones (excluding diaryl/α,β-unsaturated/α-hetero) is 1. The van der Waals surface area contributed by atoms with Crippen LogP contribution in [0.1, 0.15) is 118 Å². The van der Waals surface area contributed by atoms with Gasteiger partial charge in [0.1, 0.15) is 0 Å². The molecule has 0 radical (unpaired) electrons. The molecule has 0 atom stereocenters. The second kappa shape index (κ2) is 15.7. The maximum Gasteiger partial charge on any atom is 0.163 e. The summed E-state index contributed by atoms with van der Waals surface area (Å²) in [6.07, 6.45) is 22.3. The van der Waals surface area contributed by atoms with E-state index in [0.29, 0.717) is 12.2 Å². The van der Waals surface area contributed by atoms with E-state index in [1.54, 1.807) is 0 Å². The van der Waals surface area contributed by atoms with Gasteiger partial charge in [-0.05, 0) is 57.1 Å². The van der Waals surface area contributed by atoms with Gasteiger partial charge < -0.3 is 0 Å². The first-order chi connectivity index (χ1) is 13.2. The van der Waals surface area contributed by atoms with E-state index < -0.39 is 0 Å². The molecule has 0 spiro atoms. The fourth-order valence-corrected chi connectivity index (χ4v) is 3.54. The lowest BCUT2D eigenvalue weighted by molar-refractivity contribution is 0.0978. The van der Waals surface area contributed by atoms with Crippen LogP contribution in [0.15, 0.2) is 30.4 Å². The average molecular weight is 371 g/mol. The van der Waals surface area contributed by atoms with Gasteiger partial charge in [-0.1, -0.05) is 88.6 Å². The molecule has 0 saturated carbocycles. The highest BCUT2D eigenvalue weighted by Crippen LogP contribution is 2.17. The van der Waals surface area contributed by atoms with E-state index >= 15 is 0 Å². The summed E-state index contributed by atoms with van der Waals surface area (Å²) in [5.41, 5.74) is 3.28. The Morgan fingerprint density at radius 3 is 1.96 bits per heavy atom. The molecule has 0 amide bonds. The van der Waals surface area contributed by atoms with Crippen molar-refractivity contribution in [1.29, 1.82) is 0 Å². The molecule has 1 nitrogen and oxygen atoms in total. The highest BCUT2D eigenvalue weighted by molar-refractivity contribution is 5.97. The van der Waals surface area contributed by atoms with Crippen molar-refractivity contribution in [3.8, 4) is 0 Å². The van der Waals surface area contributed by atoms with Gasteiger partial charge in [0.15, 0.2) is 5.78 Å². The standard InChI is InChI=1S/C26H42O/c1-4-5-6-7-8-9-10-11-12-13-14-15-16-17-18-22-26(27)25-21-19-20-23(2)24(25)3/h11-12,19-21H,4-10,13-18,22H2,1-3H3/b12-11-. The largest absolute Gasteiger partial charge is 0.294 e. The Labute approximate surface area is 168 Å². The van der Waals surface area contributed by atoms with Crippen molar-refractivity contribution in [2.24, 2.45) is 0 Å². The van der Waals surface area contributed by atoms with E-state index in [4.69, 9.17) is 0 Å². The minimum Gasteiger partial charge on any atom is -0.294 e. The van der Waals surface area contributed by atoms with E-state index in [1.807, 2.05) is 12.1 Å². The van der Waals surface area contributed by atoms with Gasteiger partial charge in [0.05, 0.1) is 0 Å². The second-order valence-corrected chi connectivity index (χ2v) is 8.00. The molecule has 0 aliphatic rings. The van der Waals surface area contributed by atoms with Gasteiger partial charge >= 0.3 is 0 Å². The monoisotopic (exact) mass is 370 g/mol. The molecule has 0 aliphatic heterocycles. The number of aryl methyl sites for hydroxylation is 1. The number of benzene rings is 1. The van der Waals surface area contributed by atoms with Gasteiger partial charge in [-0.3, -0.25) is 4.79 Å². The van der Waals surface area contributed by atoms with Crippen LogP contribution < -0.4 is 0 Å². The molecule has 0 fully saturated rings. The summed E-state index contributed by atoms with van der Waals surface area (Å²) in [5, 5.41) is 0. The van der Waals surface area contributed by atoms with Crippen LogP contribution in [0.3, 0.4) is 0 Å². The number of carbonyl (C=O) groups excluding carboxylic acids is 1. The van der Waals surface area contributed by atoms with Crippen LogP contribution in [0.4, 0.5) is 0 Å². The molecule has 1 aromatic carbocycles. The third kappa shape index (κ3) is 11.2. The van der Waals surface area contributed by atoms with Crippen molar-refractivity contribution in [2.75, 3.05) is 0 Å². The molecule has 0 aliphatic carbocycles. The van der Waals surface area contributed by atoms with Crippen LogP contribution in [-0.4, -0.2) is 5.78 Å². The Hall–Kier alpha value is -1.37. The van der Waals surface area contributed by atoms with Crippen molar-refractivity contribution in [2.45, 2.75) is 111 Å². The third-order valence-corrected chi connectivity index (χ3v) is 5.57. The summed E-state index contributed by atoms with van der Waals surface area (Å²) in [6.45, 7) is 6.41. The average Bonchev–Trinajstić information content (AvgIpc) is 2.67. The summed E-state index contributed by atoms with van der Waals surface area (Å²) in [6, 6.07) is 6.05. The Bertz CT molecular complexity index is 541. The predicted molar refractivity (Wildman–Crippen MR) is 120 cm³/mol. The van der Waals surface area contributed by atoms with E-state index in [1.165, 1.54) is 82.6 Å². The Balaban J connectivity index is 1.95. The molecule has 0 unspecified atom stereocenters. The number of carbonyl (C=O) groups is 1. The zero-order chi connectivity index (χ0) is 19.7. The Kier molecular flexibility index (Phi) is 13.7. The Morgan fingerprint density at radius 2 is 1.33 bits per heavy atom.